The molecule has 1 aliphatic rings. The number of carbonyl (C=O) groups excluding carboxylic acids is 1. The molecule has 0 atom stereocenters. The van der Waals surface area contributed by atoms with Gasteiger partial charge in [0.05, 0.1) is 7.11 Å². The molecule has 1 N–H and O–H groups in total. The van der Waals surface area contributed by atoms with Crippen LogP contribution >= 0.6 is 0 Å². The maximum atomic E-state index is 13.4. The minimum absolute atomic E-state index is 0.0601. The normalized spacial score (nSPS) is 14.6. The predicted octanol–water partition coefficient (Wildman–Crippen LogP) is 2.35. The molecule has 1 aliphatic carbocycles. The third-order valence-electron chi connectivity index (χ3n) is 3.51. The second-order valence-corrected chi connectivity index (χ2v) is 4.58. The van der Waals surface area contributed by atoms with Crippen molar-refractivity contribution in [1.82, 2.24) is 0 Å². The zero-order chi connectivity index (χ0) is 14.5. The van der Waals surface area contributed by atoms with Crippen LogP contribution in [0, 0.1) is 11.6 Å². The van der Waals surface area contributed by atoms with Crippen molar-refractivity contribution in [3.63, 3.8) is 0 Å². The van der Waals surface area contributed by atoms with Crippen LogP contribution in [0.4, 0.5) is 8.78 Å². The van der Waals surface area contributed by atoms with E-state index in [4.69, 9.17) is 0 Å². The van der Waals surface area contributed by atoms with Gasteiger partial charge in [-0.25, -0.2) is 13.6 Å². The number of methoxy groups -OCH3 is 1. The fraction of sp³-hybridized carbons (Fsp3) is 0.133. The van der Waals surface area contributed by atoms with Crippen molar-refractivity contribution in [3.05, 3.63) is 59.2 Å². The van der Waals surface area contributed by atoms with Crippen molar-refractivity contribution in [3.8, 4) is 11.1 Å². The number of aliphatic hydroxyl groups is 1. The number of hydrogen-bond donors (Lipinski definition) is 1. The quantitative estimate of drug-likeness (QED) is 0.813. The molecule has 0 unspecified atom stereocenters. The van der Waals surface area contributed by atoms with Gasteiger partial charge in [-0.15, -0.1) is 0 Å². The lowest BCUT2D eigenvalue weighted by Gasteiger charge is -2.22. The van der Waals surface area contributed by atoms with Gasteiger partial charge in [-0.1, -0.05) is 12.1 Å². The van der Waals surface area contributed by atoms with E-state index in [-0.39, 0.29) is 11.1 Å². The van der Waals surface area contributed by atoms with E-state index in [2.05, 4.69) is 4.74 Å². The Morgan fingerprint density at radius 1 is 1.05 bits per heavy atom. The van der Waals surface area contributed by atoms with Crippen molar-refractivity contribution in [2.45, 2.75) is 5.60 Å². The lowest BCUT2D eigenvalue weighted by Crippen LogP contribution is -2.36. The van der Waals surface area contributed by atoms with Crippen LogP contribution in [-0.4, -0.2) is 18.2 Å². The maximum absolute atomic E-state index is 13.4. The second-order valence-electron chi connectivity index (χ2n) is 4.58. The van der Waals surface area contributed by atoms with Crippen LogP contribution in [0.25, 0.3) is 11.1 Å². The Bertz CT molecular complexity index is 674. The first-order valence-corrected chi connectivity index (χ1v) is 5.89. The zero-order valence-electron chi connectivity index (χ0n) is 10.5. The summed E-state index contributed by atoms with van der Waals surface area (Å²) in [6, 6.07) is 7.45. The average molecular weight is 276 g/mol. The summed E-state index contributed by atoms with van der Waals surface area (Å²) >= 11 is 0. The molecule has 0 fully saturated rings. The molecule has 0 heterocycles. The van der Waals surface area contributed by atoms with Gasteiger partial charge in [-0.05, 0) is 35.4 Å². The van der Waals surface area contributed by atoms with Gasteiger partial charge >= 0.3 is 5.97 Å². The minimum Gasteiger partial charge on any atom is -0.466 e. The molecule has 2 aromatic carbocycles. The van der Waals surface area contributed by atoms with E-state index < -0.39 is 23.2 Å². The summed E-state index contributed by atoms with van der Waals surface area (Å²) in [6.07, 6.45) is 0. The Labute approximate surface area is 113 Å². The van der Waals surface area contributed by atoms with Crippen LogP contribution < -0.4 is 0 Å². The molecule has 0 aromatic heterocycles. The van der Waals surface area contributed by atoms with E-state index in [9.17, 15) is 18.7 Å². The number of fused-ring (bicyclic) bond motifs is 3. The molecule has 0 amide bonds. The maximum Gasteiger partial charge on any atom is 0.347 e. The van der Waals surface area contributed by atoms with Gasteiger partial charge in [0, 0.05) is 11.1 Å². The smallest absolute Gasteiger partial charge is 0.347 e. The van der Waals surface area contributed by atoms with E-state index >= 15 is 0 Å². The van der Waals surface area contributed by atoms with Crippen molar-refractivity contribution in [1.29, 1.82) is 0 Å². The number of esters is 1. The Hall–Kier alpha value is -2.27. The Morgan fingerprint density at radius 2 is 1.50 bits per heavy atom. The van der Waals surface area contributed by atoms with Crippen molar-refractivity contribution in [2.24, 2.45) is 0 Å². The van der Waals surface area contributed by atoms with E-state index in [0.717, 1.165) is 19.2 Å². The summed E-state index contributed by atoms with van der Waals surface area (Å²) in [5.74, 6) is -2.17. The van der Waals surface area contributed by atoms with Crippen LogP contribution in [0.5, 0.6) is 0 Å². The van der Waals surface area contributed by atoms with Gasteiger partial charge in [0.2, 0.25) is 5.60 Å². The molecule has 0 saturated heterocycles. The highest BCUT2D eigenvalue weighted by molar-refractivity contribution is 5.96. The van der Waals surface area contributed by atoms with Crippen LogP contribution in [0.1, 0.15) is 11.1 Å². The molecule has 102 valence electrons. The highest BCUT2D eigenvalue weighted by Gasteiger charge is 2.49. The summed E-state index contributed by atoms with van der Waals surface area (Å²) in [7, 11) is 1.11. The summed E-state index contributed by atoms with van der Waals surface area (Å²) in [5, 5.41) is 10.7. The monoisotopic (exact) mass is 276 g/mol. The van der Waals surface area contributed by atoms with Gasteiger partial charge < -0.3 is 9.84 Å². The number of carbonyl (C=O) groups is 1. The summed E-state index contributed by atoms with van der Waals surface area (Å²) in [5.41, 5.74) is -1.11. The van der Waals surface area contributed by atoms with Gasteiger partial charge in [-0.3, -0.25) is 0 Å². The lowest BCUT2D eigenvalue weighted by atomic mass is 9.91. The van der Waals surface area contributed by atoms with Gasteiger partial charge in [-0.2, -0.15) is 0 Å². The molecule has 0 aliphatic heterocycles. The Balaban J connectivity index is 2.38. The highest BCUT2D eigenvalue weighted by Crippen LogP contribution is 2.48. The number of rotatable bonds is 1. The SMILES string of the molecule is COC(=O)C1(O)c2cc(F)ccc2-c2ccc(F)cc21. The van der Waals surface area contributed by atoms with Gasteiger partial charge in [0.25, 0.3) is 0 Å². The van der Waals surface area contributed by atoms with E-state index in [1.807, 2.05) is 0 Å². The largest absolute Gasteiger partial charge is 0.466 e. The first-order chi connectivity index (χ1) is 9.48. The highest BCUT2D eigenvalue weighted by atomic mass is 19.1. The van der Waals surface area contributed by atoms with E-state index in [0.29, 0.717) is 11.1 Å². The molecule has 3 nitrogen and oxygen atoms in total. The lowest BCUT2D eigenvalue weighted by molar-refractivity contribution is -0.158. The third kappa shape index (κ3) is 1.50. The van der Waals surface area contributed by atoms with Gasteiger partial charge in [0.15, 0.2) is 0 Å². The summed E-state index contributed by atoms with van der Waals surface area (Å²) in [4.78, 5) is 12.0. The van der Waals surface area contributed by atoms with Crippen molar-refractivity contribution in [2.75, 3.05) is 7.11 Å². The van der Waals surface area contributed by atoms with Crippen molar-refractivity contribution < 1.29 is 23.4 Å². The van der Waals surface area contributed by atoms with Crippen molar-refractivity contribution >= 4 is 5.97 Å². The molecule has 0 radical (unpaired) electrons. The second kappa shape index (κ2) is 4.11. The zero-order valence-corrected chi connectivity index (χ0v) is 10.5. The molecule has 2 aromatic rings. The standard InChI is InChI=1S/C15H10F2O3/c1-20-14(18)15(19)12-6-8(16)2-4-10(12)11-5-3-9(17)7-13(11)15/h2-7,19H,1H3. The summed E-state index contributed by atoms with van der Waals surface area (Å²) < 4.78 is 31.5. The minimum atomic E-state index is -2.19. The fourth-order valence-corrected chi connectivity index (χ4v) is 2.61. The molecule has 0 bridgehead atoms. The molecule has 0 saturated carbocycles. The first-order valence-electron chi connectivity index (χ1n) is 5.89. The molecule has 3 rings (SSSR count). The number of ether oxygens (including phenoxy) is 1. The molecule has 20 heavy (non-hydrogen) atoms. The number of benzene rings is 2. The predicted molar refractivity (Wildman–Crippen MR) is 66.8 cm³/mol. The third-order valence-corrected chi connectivity index (χ3v) is 3.51. The topological polar surface area (TPSA) is 46.5 Å². The van der Waals surface area contributed by atoms with Gasteiger partial charge in [0.1, 0.15) is 11.6 Å². The molecular weight excluding hydrogens is 266 g/mol. The Morgan fingerprint density at radius 3 is 1.90 bits per heavy atom. The molecule has 0 spiro atoms. The van der Waals surface area contributed by atoms with Crippen LogP contribution in [0.15, 0.2) is 36.4 Å². The fourth-order valence-electron chi connectivity index (χ4n) is 2.61. The Kier molecular flexibility index (Phi) is 2.62. The van der Waals surface area contributed by atoms with E-state index in [1.165, 1.54) is 24.3 Å². The van der Waals surface area contributed by atoms with E-state index in [1.54, 1.807) is 0 Å². The average Bonchev–Trinajstić information content (AvgIpc) is 2.68. The molecule has 5 heteroatoms. The first kappa shape index (κ1) is 12.7. The van der Waals surface area contributed by atoms with Crippen LogP contribution in [0.2, 0.25) is 0 Å². The summed E-state index contributed by atoms with van der Waals surface area (Å²) in [6.45, 7) is 0. The van der Waals surface area contributed by atoms with Crippen LogP contribution in [-0.2, 0) is 15.1 Å². The van der Waals surface area contributed by atoms with Crippen LogP contribution in [0.3, 0.4) is 0 Å². The molecular formula is C15H10F2O3. The number of hydrogen-bond acceptors (Lipinski definition) is 3. The number of halogens is 2.